The van der Waals surface area contributed by atoms with Crippen molar-refractivity contribution in [3.63, 3.8) is 0 Å². The number of halogens is 1. The Morgan fingerprint density at radius 3 is 2.90 bits per heavy atom. The zero-order chi connectivity index (χ0) is 14.1. The third-order valence-electron chi connectivity index (χ3n) is 4.61. The average molecular weight is 313 g/mol. The van der Waals surface area contributed by atoms with Gasteiger partial charge in [-0.3, -0.25) is 4.79 Å². The van der Waals surface area contributed by atoms with Gasteiger partial charge in [0, 0.05) is 18.0 Å². The molecule has 2 aliphatic rings. The van der Waals surface area contributed by atoms with E-state index in [4.69, 9.17) is 0 Å². The van der Waals surface area contributed by atoms with Crippen molar-refractivity contribution in [2.45, 2.75) is 51.6 Å². The van der Waals surface area contributed by atoms with Gasteiger partial charge < -0.3 is 10.6 Å². The molecule has 0 bridgehead atoms. The van der Waals surface area contributed by atoms with Crippen LogP contribution in [0, 0.1) is 11.8 Å². The fourth-order valence-corrected chi connectivity index (χ4v) is 3.11. The molecule has 0 spiro atoms. The summed E-state index contributed by atoms with van der Waals surface area (Å²) in [5, 5.41) is 10.8. The van der Waals surface area contributed by atoms with Crippen LogP contribution in [0.5, 0.6) is 0 Å². The molecule has 3 atom stereocenters. The molecule has 118 valence electrons. The topological polar surface area (TPSA) is 59.0 Å². The molecule has 2 heterocycles. The Hall–Kier alpha value is -1.07. The molecule has 2 N–H and O–H groups in total. The van der Waals surface area contributed by atoms with Gasteiger partial charge in [0.15, 0.2) is 0 Å². The summed E-state index contributed by atoms with van der Waals surface area (Å²) in [6.45, 7) is 5.25. The van der Waals surface area contributed by atoms with Crippen LogP contribution in [-0.4, -0.2) is 28.3 Å². The molecule has 0 radical (unpaired) electrons. The van der Waals surface area contributed by atoms with Crippen LogP contribution in [0.15, 0.2) is 12.3 Å². The second kappa shape index (κ2) is 6.79. The third kappa shape index (κ3) is 3.77. The molecule has 2 fully saturated rings. The van der Waals surface area contributed by atoms with Gasteiger partial charge in [-0.1, -0.05) is 0 Å². The minimum Gasteiger partial charge on any atom is -0.314 e. The van der Waals surface area contributed by atoms with Gasteiger partial charge in [-0.2, -0.15) is 5.10 Å². The van der Waals surface area contributed by atoms with Crippen LogP contribution in [0.25, 0.3) is 0 Å². The van der Waals surface area contributed by atoms with E-state index in [9.17, 15) is 4.79 Å². The summed E-state index contributed by atoms with van der Waals surface area (Å²) in [5.41, 5.74) is 0. The van der Waals surface area contributed by atoms with Crippen molar-refractivity contribution in [3.05, 3.63) is 12.3 Å². The zero-order valence-electron chi connectivity index (χ0n) is 12.7. The van der Waals surface area contributed by atoms with E-state index in [1.54, 1.807) is 6.20 Å². The molecule has 1 aliphatic carbocycles. The number of hydrogen-bond donors (Lipinski definition) is 2. The third-order valence-corrected chi connectivity index (χ3v) is 4.61. The van der Waals surface area contributed by atoms with Gasteiger partial charge in [-0.05, 0) is 52.0 Å². The minimum atomic E-state index is 0. The zero-order valence-corrected chi connectivity index (χ0v) is 13.5. The molecule has 1 unspecified atom stereocenters. The normalized spacial score (nSPS) is 26.8. The van der Waals surface area contributed by atoms with Crippen molar-refractivity contribution >= 4 is 24.1 Å². The van der Waals surface area contributed by atoms with Gasteiger partial charge in [0.25, 0.3) is 0 Å². The number of carbonyl (C=O) groups is 1. The Kier molecular flexibility index (Phi) is 5.27. The largest absolute Gasteiger partial charge is 0.314 e. The van der Waals surface area contributed by atoms with Crippen molar-refractivity contribution < 1.29 is 4.79 Å². The quantitative estimate of drug-likeness (QED) is 0.898. The first-order chi connectivity index (χ1) is 9.65. The lowest BCUT2D eigenvalue weighted by Crippen LogP contribution is -2.40. The molecular weight excluding hydrogens is 288 g/mol. The monoisotopic (exact) mass is 312 g/mol. The molecular formula is C15H25ClN4O. The van der Waals surface area contributed by atoms with Crippen LogP contribution in [0.4, 0.5) is 5.82 Å². The Labute approximate surface area is 132 Å². The van der Waals surface area contributed by atoms with Gasteiger partial charge in [0.2, 0.25) is 5.91 Å². The minimum absolute atomic E-state index is 0. The summed E-state index contributed by atoms with van der Waals surface area (Å²) < 4.78 is 1.97. The SMILES string of the molecule is CC(C1CC1)n1nccc1NC(=O)[C@H]1CCN[C@@H](C)C1.Cl. The first kappa shape index (κ1) is 16.3. The molecule has 1 amide bonds. The number of carbonyl (C=O) groups excluding carboxylic acids is 1. The predicted octanol–water partition coefficient (Wildman–Crippen LogP) is 2.60. The lowest BCUT2D eigenvalue weighted by Gasteiger charge is -2.27. The maximum Gasteiger partial charge on any atom is 0.228 e. The molecule has 21 heavy (non-hydrogen) atoms. The van der Waals surface area contributed by atoms with E-state index in [0.717, 1.165) is 31.1 Å². The highest BCUT2D eigenvalue weighted by molar-refractivity contribution is 5.91. The fourth-order valence-electron chi connectivity index (χ4n) is 3.11. The van der Waals surface area contributed by atoms with Crippen LogP contribution < -0.4 is 10.6 Å². The standard InChI is InChI=1S/C15H24N4O.ClH/c1-10-9-13(5-7-16-10)15(20)18-14-6-8-17-19(14)11(2)12-3-4-12;/h6,8,10-13,16H,3-5,7,9H2,1-2H3,(H,18,20);1H/t10-,11?,13-;/m0./s1. The van der Waals surface area contributed by atoms with Gasteiger partial charge >= 0.3 is 0 Å². The highest BCUT2D eigenvalue weighted by atomic mass is 35.5. The molecule has 1 aromatic rings. The number of rotatable bonds is 4. The molecule has 1 aliphatic heterocycles. The summed E-state index contributed by atoms with van der Waals surface area (Å²) in [7, 11) is 0. The van der Waals surface area contributed by atoms with E-state index in [-0.39, 0.29) is 24.2 Å². The second-order valence-corrected chi connectivity index (χ2v) is 6.30. The van der Waals surface area contributed by atoms with E-state index < -0.39 is 0 Å². The Morgan fingerprint density at radius 1 is 1.48 bits per heavy atom. The van der Waals surface area contributed by atoms with E-state index in [0.29, 0.717) is 12.1 Å². The summed E-state index contributed by atoms with van der Waals surface area (Å²) >= 11 is 0. The van der Waals surface area contributed by atoms with E-state index in [1.165, 1.54) is 12.8 Å². The van der Waals surface area contributed by atoms with Crippen molar-refractivity contribution in [1.82, 2.24) is 15.1 Å². The summed E-state index contributed by atoms with van der Waals surface area (Å²) in [5.74, 6) is 1.83. The maximum absolute atomic E-state index is 12.4. The molecule has 1 saturated carbocycles. The predicted molar refractivity (Wildman–Crippen MR) is 85.7 cm³/mol. The first-order valence-electron chi connectivity index (χ1n) is 7.73. The first-order valence-corrected chi connectivity index (χ1v) is 7.73. The number of amides is 1. The second-order valence-electron chi connectivity index (χ2n) is 6.30. The summed E-state index contributed by atoms with van der Waals surface area (Å²) in [6, 6.07) is 2.71. The molecule has 5 nitrogen and oxygen atoms in total. The molecule has 1 aromatic heterocycles. The van der Waals surface area contributed by atoms with Crippen molar-refractivity contribution in [2.24, 2.45) is 11.8 Å². The van der Waals surface area contributed by atoms with Crippen molar-refractivity contribution in [1.29, 1.82) is 0 Å². The molecule has 3 rings (SSSR count). The van der Waals surface area contributed by atoms with Gasteiger partial charge in [0.05, 0.1) is 12.2 Å². The maximum atomic E-state index is 12.4. The van der Waals surface area contributed by atoms with Crippen LogP contribution in [0.3, 0.4) is 0 Å². The summed E-state index contributed by atoms with van der Waals surface area (Å²) in [6.07, 6.45) is 6.17. The number of hydrogen-bond acceptors (Lipinski definition) is 3. The van der Waals surface area contributed by atoms with E-state index >= 15 is 0 Å². The van der Waals surface area contributed by atoms with Crippen LogP contribution in [0.2, 0.25) is 0 Å². The average Bonchev–Trinajstić information content (AvgIpc) is 3.18. The highest BCUT2D eigenvalue weighted by Crippen LogP contribution is 2.40. The number of nitrogens with one attached hydrogen (secondary N) is 2. The van der Waals surface area contributed by atoms with Crippen LogP contribution in [-0.2, 0) is 4.79 Å². The fraction of sp³-hybridized carbons (Fsp3) is 0.733. The number of anilines is 1. The Bertz CT molecular complexity index is 486. The lowest BCUT2D eigenvalue weighted by molar-refractivity contribution is -0.120. The van der Waals surface area contributed by atoms with Crippen molar-refractivity contribution in [3.8, 4) is 0 Å². The van der Waals surface area contributed by atoms with Gasteiger partial charge in [0.1, 0.15) is 5.82 Å². The van der Waals surface area contributed by atoms with Gasteiger partial charge in [-0.15, -0.1) is 12.4 Å². The van der Waals surface area contributed by atoms with E-state index in [2.05, 4.69) is 29.6 Å². The van der Waals surface area contributed by atoms with E-state index in [1.807, 2.05) is 10.7 Å². The van der Waals surface area contributed by atoms with Crippen molar-refractivity contribution in [2.75, 3.05) is 11.9 Å². The summed E-state index contributed by atoms with van der Waals surface area (Å²) in [4.78, 5) is 12.4. The Morgan fingerprint density at radius 2 is 2.24 bits per heavy atom. The Balaban J connectivity index is 0.00000161. The lowest BCUT2D eigenvalue weighted by atomic mass is 9.92. The molecule has 0 aromatic carbocycles. The number of piperidine rings is 1. The number of aromatic nitrogens is 2. The van der Waals surface area contributed by atoms with Gasteiger partial charge in [-0.25, -0.2) is 4.68 Å². The van der Waals surface area contributed by atoms with Crippen LogP contribution in [0.1, 0.15) is 45.6 Å². The highest BCUT2D eigenvalue weighted by Gasteiger charge is 2.31. The molecule has 1 saturated heterocycles. The van der Waals surface area contributed by atoms with Crippen LogP contribution >= 0.6 is 12.4 Å². The smallest absolute Gasteiger partial charge is 0.228 e. The number of nitrogens with zero attached hydrogens (tertiary/aromatic N) is 2. The molecule has 6 heteroatoms.